The molecule has 2 rings (SSSR count). The molecule has 90 valence electrons. The Labute approximate surface area is 111 Å². The van der Waals surface area contributed by atoms with Gasteiger partial charge in [0, 0.05) is 6.54 Å². The van der Waals surface area contributed by atoms with Gasteiger partial charge in [0.05, 0.1) is 3.79 Å². The molecule has 1 aromatic heterocycles. The van der Waals surface area contributed by atoms with Crippen LogP contribution in [0.1, 0.15) is 38.2 Å². The summed E-state index contributed by atoms with van der Waals surface area (Å²) in [7, 11) is 0. The fourth-order valence-electron chi connectivity index (χ4n) is 2.54. The Morgan fingerprint density at radius 2 is 2.25 bits per heavy atom. The van der Waals surface area contributed by atoms with Gasteiger partial charge in [-0.3, -0.25) is 0 Å². The molecule has 0 radical (unpaired) electrons. The molecule has 3 heteroatoms. The molecule has 1 nitrogen and oxygen atoms in total. The van der Waals surface area contributed by atoms with Gasteiger partial charge in [-0.25, -0.2) is 0 Å². The quantitative estimate of drug-likeness (QED) is 0.868. The van der Waals surface area contributed by atoms with Gasteiger partial charge in [-0.15, -0.1) is 11.3 Å². The standard InChI is InChI=1S/C13H20BrNS/c1-10-4-2-3-5-12(10)8-15-7-11-6-13(14)16-9-11/h6,9-10,12,15H,2-5,7-8H2,1H3. The Morgan fingerprint density at radius 1 is 1.44 bits per heavy atom. The van der Waals surface area contributed by atoms with Crippen molar-refractivity contribution in [2.24, 2.45) is 11.8 Å². The highest BCUT2D eigenvalue weighted by Gasteiger charge is 2.20. The average Bonchev–Trinajstić information content (AvgIpc) is 2.67. The van der Waals surface area contributed by atoms with Gasteiger partial charge in [-0.1, -0.05) is 26.2 Å². The van der Waals surface area contributed by atoms with Crippen LogP contribution < -0.4 is 5.32 Å². The number of hydrogen-bond donors (Lipinski definition) is 1. The monoisotopic (exact) mass is 301 g/mol. The van der Waals surface area contributed by atoms with Crippen LogP contribution in [0.5, 0.6) is 0 Å². The minimum atomic E-state index is 0.899. The summed E-state index contributed by atoms with van der Waals surface area (Å²) in [6.07, 6.45) is 5.72. The maximum absolute atomic E-state index is 3.60. The van der Waals surface area contributed by atoms with Gasteiger partial charge >= 0.3 is 0 Å². The third kappa shape index (κ3) is 3.57. The summed E-state index contributed by atoms with van der Waals surface area (Å²) in [4.78, 5) is 0. The first-order valence-electron chi connectivity index (χ1n) is 6.19. The third-order valence-corrected chi connectivity index (χ3v) is 5.20. The van der Waals surface area contributed by atoms with Crippen LogP contribution in [0.4, 0.5) is 0 Å². The maximum Gasteiger partial charge on any atom is 0.0701 e. The van der Waals surface area contributed by atoms with Crippen LogP contribution in [0.3, 0.4) is 0 Å². The zero-order valence-electron chi connectivity index (χ0n) is 9.84. The van der Waals surface area contributed by atoms with Crippen LogP contribution in [0.25, 0.3) is 0 Å². The zero-order valence-corrected chi connectivity index (χ0v) is 12.2. The van der Waals surface area contributed by atoms with Gasteiger partial charge in [0.25, 0.3) is 0 Å². The van der Waals surface area contributed by atoms with Crippen molar-refractivity contribution in [3.8, 4) is 0 Å². The second kappa shape index (κ2) is 6.18. The van der Waals surface area contributed by atoms with Crippen molar-refractivity contribution in [1.29, 1.82) is 0 Å². The molecule has 1 fully saturated rings. The van der Waals surface area contributed by atoms with Crippen molar-refractivity contribution >= 4 is 27.3 Å². The van der Waals surface area contributed by atoms with Crippen molar-refractivity contribution in [1.82, 2.24) is 5.32 Å². The van der Waals surface area contributed by atoms with Gasteiger partial charge in [-0.2, -0.15) is 0 Å². The Morgan fingerprint density at radius 3 is 2.94 bits per heavy atom. The largest absolute Gasteiger partial charge is 0.312 e. The molecule has 2 atom stereocenters. The molecule has 2 unspecified atom stereocenters. The van der Waals surface area contributed by atoms with E-state index in [0.717, 1.165) is 18.4 Å². The van der Waals surface area contributed by atoms with E-state index in [1.54, 1.807) is 11.3 Å². The molecule has 16 heavy (non-hydrogen) atoms. The van der Waals surface area contributed by atoms with E-state index in [0.29, 0.717) is 0 Å². The lowest BCUT2D eigenvalue weighted by Crippen LogP contribution is -2.28. The fraction of sp³-hybridized carbons (Fsp3) is 0.692. The van der Waals surface area contributed by atoms with E-state index in [4.69, 9.17) is 0 Å². The normalized spacial score (nSPS) is 25.9. The van der Waals surface area contributed by atoms with Crippen molar-refractivity contribution in [3.63, 3.8) is 0 Å². The predicted octanol–water partition coefficient (Wildman–Crippen LogP) is 4.43. The highest BCUT2D eigenvalue weighted by atomic mass is 79.9. The molecule has 0 bridgehead atoms. The SMILES string of the molecule is CC1CCCCC1CNCc1csc(Br)c1. The summed E-state index contributed by atoms with van der Waals surface area (Å²) in [6.45, 7) is 4.62. The van der Waals surface area contributed by atoms with Crippen LogP contribution in [0, 0.1) is 11.8 Å². The number of hydrogen-bond acceptors (Lipinski definition) is 2. The Kier molecular flexibility index (Phi) is 4.86. The Hall–Kier alpha value is 0.140. The molecular weight excluding hydrogens is 282 g/mol. The highest BCUT2D eigenvalue weighted by Crippen LogP contribution is 2.29. The van der Waals surface area contributed by atoms with Crippen LogP contribution in [0.15, 0.2) is 15.2 Å². The first kappa shape index (κ1) is 12.6. The second-order valence-electron chi connectivity index (χ2n) is 4.91. The minimum absolute atomic E-state index is 0.899. The van der Waals surface area contributed by atoms with E-state index in [-0.39, 0.29) is 0 Å². The summed E-state index contributed by atoms with van der Waals surface area (Å²) in [5.41, 5.74) is 1.40. The highest BCUT2D eigenvalue weighted by molar-refractivity contribution is 9.11. The predicted molar refractivity (Wildman–Crippen MR) is 74.8 cm³/mol. The minimum Gasteiger partial charge on any atom is -0.312 e. The lowest BCUT2D eigenvalue weighted by atomic mass is 9.80. The lowest BCUT2D eigenvalue weighted by molar-refractivity contribution is 0.247. The summed E-state index contributed by atoms with van der Waals surface area (Å²) in [6, 6.07) is 2.21. The van der Waals surface area contributed by atoms with Gasteiger partial charge in [-0.05, 0) is 57.7 Å². The molecule has 1 aliphatic carbocycles. The molecule has 0 saturated heterocycles. The van der Waals surface area contributed by atoms with Crippen molar-refractivity contribution in [2.75, 3.05) is 6.54 Å². The smallest absolute Gasteiger partial charge is 0.0701 e. The summed E-state index contributed by atoms with van der Waals surface area (Å²) >= 11 is 5.27. The Balaban J connectivity index is 1.71. The van der Waals surface area contributed by atoms with E-state index >= 15 is 0 Å². The van der Waals surface area contributed by atoms with E-state index < -0.39 is 0 Å². The summed E-state index contributed by atoms with van der Waals surface area (Å²) in [5.74, 6) is 1.81. The number of rotatable bonds is 4. The average molecular weight is 302 g/mol. The summed E-state index contributed by atoms with van der Waals surface area (Å²) in [5, 5.41) is 5.82. The van der Waals surface area contributed by atoms with Crippen molar-refractivity contribution < 1.29 is 0 Å². The second-order valence-corrected chi connectivity index (χ2v) is 7.20. The topological polar surface area (TPSA) is 12.0 Å². The van der Waals surface area contributed by atoms with E-state index in [1.165, 1.54) is 41.6 Å². The van der Waals surface area contributed by atoms with E-state index in [9.17, 15) is 0 Å². The molecular formula is C13H20BrNS. The fourth-order valence-corrected chi connectivity index (χ4v) is 3.75. The van der Waals surface area contributed by atoms with Gasteiger partial charge in [0.15, 0.2) is 0 Å². The van der Waals surface area contributed by atoms with Gasteiger partial charge in [0.1, 0.15) is 0 Å². The van der Waals surface area contributed by atoms with Crippen LogP contribution in [-0.2, 0) is 6.54 Å². The van der Waals surface area contributed by atoms with Crippen LogP contribution in [0.2, 0.25) is 0 Å². The molecule has 0 spiro atoms. The zero-order chi connectivity index (χ0) is 11.4. The molecule has 1 N–H and O–H groups in total. The Bertz CT molecular complexity index is 323. The molecule has 1 saturated carbocycles. The first-order chi connectivity index (χ1) is 7.75. The van der Waals surface area contributed by atoms with Crippen LogP contribution in [-0.4, -0.2) is 6.54 Å². The third-order valence-electron chi connectivity index (χ3n) is 3.65. The number of nitrogens with one attached hydrogen (secondary N) is 1. The van der Waals surface area contributed by atoms with Crippen molar-refractivity contribution in [2.45, 2.75) is 39.2 Å². The molecule has 0 aliphatic heterocycles. The molecule has 0 amide bonds. The number of halogens is 1. The summed E-state index contributed by atoms with van der Waals surface area (Å²) < 4.78 is 1.23. The van der Waals surface area contributed by atoms with Gasteiger partial charge in [0.2, 0.25) is 0 Å². The molecule has 0 aromatic carbocycles. The molecule has 1 aliphatic rings. The number of thiophene rings is 1. The van der Waals surface area contributed by atoms with Crippen LogP contribution >= 0.6 is 27.3 Å². The van der Waals surface area contributed by atoms with Gasteiger partial charge < -0.3 is 5.32 Å². The maximum atomic E-state index is 3.60. The molecule has 1 aromatic rings. The first-order valence-corrected chi connectivity index (χ1v) is 7.86. The molecule has 1 heterocycles. The lowest BCUT2D eigenvalue weighted by Gasteiger charge is -2.28. The van der Waals surface area contributed by atoms with Crippen molar-refractivity contribution in [3.05, 3.63) is 20.8 Å². The van der Waals surface area contributed by atoms with E-state index in [2.05, 4.69) is 39.6 Å². The van der Waals surface area contributed by atoms with E-state index in [1.807, 2.05) is 0 Å².